The van der Waals surface area contributed by atoms with Crippen LogP contribution in [0.25, 0.3) is 0 Å². The Morgan fingerprint density at radius 3 is 2.04 bits per heavy atom. The minimum absolute atomic E-state index is 0.0113. The van der Waals surface area contributed by atoms with Crippen LogP contribution in [0, 0.1) is 11.6 Å². The molecule has 0 saturated carbocycles. The summed E-state index contributed by atoms with van der Waals surface area (Å²) >= 11 is 0. The topological polar surface area (TPSA) is 117 Å². The Bertz CT molecular complexity index is 1660. The second kappa shape index (κ2) is 15.9. The van der Waals surface area contributed by atoms with Crippen molar-refractivity contribution in [2.75, 3.05) is 13.7 Å². The van der Waals surface area contributed by atoms with Gasteiger partial charge in [-0.15, -0.1) is 0 Å². The summed E-state index contributed by atoms with van der Waals surface area (Å²) < 4.78 is 33.3. The molecule has 0 unspecified atom stereocenters. The molecule has 0 fully saturated rings. The SMILES string of the molecule is COc1cccc(CNC[C@@H](O)[C@H](Cc2cc(F)cc(F)c2)NC(=O)c2cc(C(C)=O)cc(C(=O)N[C@H](C)c3ccccc3)c2)c1. The molecule has 240 valence electrons. The Morgan fingerprint density at radius 1 is 0.783 bits per heavy atom. The number of ether oxygens (including phenoxy) is 1. The average Bonchev–Trinajstić information content (AvgIpc) is 3.04. The maximum atomic E-state index is 14.0. The van der Waals surface area contributed by atoms with Crippen molar-refractivity contribution in [3.63, 3.8) is 0 Å². The molecule has 10 heteroatoms. The van der Waals surface area contributed by atoms with Crippen LogP contribution in [0.2, 0.25) is 0 Å². The Kier molecular flexibility index (Phi) is 11.7. The standard InChI is InChI=1S/C36H37F2N3O5/c1-22(26-9-5-4-6-10-26)40-35(44)28-16-27(23(2)42)17-29(18-28)36(45)41-33(15-25-12-30(37)19-31(38)13-25)34(43)21-39-20-24-8-7-11-32(14-24)46-3/h4-14,16-19,22,33-34,39,43H,15,20-21H2,1-3H3,(H,40,44)(H,41,45)/t22-,33+,34-/m1/s1. The first-order valence-electron chi connectivity index (χ1n) is 14.8. The van der Waals surface area contributed by atoms with Gasteiger partial charge < -0.3 is 25.8 Å². The second-order valence-electron chi connectivity index (χ2n) is 11.1. The molecule has 4 rings (SSSR count). The lowest BCUT2D eigenvalue weighted by atomic mass is 9.98. The third kappa shape index (κ3) is 9.53. The van der Waals surface area contributed by atoms with Crippen molar-refractivity contribution in [2.45, 2.75) is 45.0 Å². The number of aliphatic hydroxyl groups is 1. The maximum Gasteiger partial charge on any atom is 0.251 e. The summed E-state index contributed by atoms with van der Waals surface area (Å²) in [6.07, 6.45) is -1.29. The number of carbonyl (C=O) groups is 3. The number of aliphatic hydroxyl groups excluding tert-OH is 1. The molecule has 0 aliphatic carbocycles. The summed E-state index contributed by atoms with van der Waals surface area (Å²) in [5.41, 5.74) is 2.26. The number of hydrogen-bond acceptors (Lipinski definition) is 6. The van der Waals surface area contributed by atoms with E-state index >= 15 is 0 Å². The van der Waals surface area contributed by atoms with Crippen LogP contribution in [0.4, 0.5) is 8.78 Å². The molecule has 46 heavy (non-hydrogen) atoms. The van der Waals surface area contributed by atoms with E-state index in [0.717, 1.165) is 29.3 Å². The molecular formula is C36H37F2N3O5. The lowest BCUT2D eigenvalue weighted by Crippen LogP contribution is -2.48. The molecule has 0 saturated heterocycles. The highest BCUT2D eigenvalue weighted by Crippen LogP contribution is 2.18. The highest BCUT2D eigenvalue weighted by Gasteiger charge is 2.24. The summed E-state index contributed by atoms with van der Waals surface area (Å²) in [5, 5.41) is 19.9. The zero-order chi connectivity index (χ0) is 33.2. The summed E-state index contributed by atoms with van der Waals surface area (Å²) in [6, 6.07) is 22.5. The summed E-state index contributed by atoms with van der Waals surface area (Å²) in [5.74, 6) is -2.42. The third-order valence-corrected chi connectivity index (χ3v) is 7.49. The van der Waals surface area contributed by atoms with Gasteiger partial charge in [-0.1, -0.05) is 42.5 Å². The Balaban J connectivity index is 1.55. The van der Waals surface area contributed by atoms with E-state index in [-0.39, 0.29) is 47.0 Å². The van der Waals surface area contributed by atoms with Crippen LogP contribution in [0.3, 0.4) is 0 Å². The van der Waals surface area contributed by atoms with E-state index in [1.807, 2.05) is 61.5 Å². The summed E-state index contributed by atoms with van der Waals surface area (Å²) in [6.45, 7) is 3.55. The third-order valence-electron chi connectivity index (χ3n) is 7.49. The van der Waals surface area contributed by atoms with Gasteiger partial charge in [0.1, 0.15) is 17.4 Å². The van der Waals surface area contributed by atoms with Crippen molar-refractivity contribution >= 4 is 17.6 Å². The van der Waals surface area contributed by atoms with Gasteiger partial charge in [-0.3, -0.25) is 14.4 Å². The van der Waals surface area contributed by atoms with E-state index in [1.165, 1.54) is 25.1 Å². The Hall–Kier alpha value is -4.93. The number of nitrogens with one attached hydrogen (secondary N) is 3. The molecule has 0 aliphatic rings. The lowest BCUT2D eigenvalue weighted by molar-refractivity contribution is 0.0829. The van der Waals surface area contributed by atoms with Crippen LogP contribution in [0.15, 0.2) is 91.0 Å². The quantitative estimate of drug-likeness (QED) is 0.143. The van der Waals surface area contributed by atoms with E-state index in [4.69, 9.17) is 4.74 Å². The fourth-order valence-electron chi connectivity index (χ4n) is 5.00. The molecule has 0 aromatic heterocycles. The summed E-state index contributed by atoms with van der Waals surface area (Å²) in [7, 11) is 1.56. The number of rotatable bonds is 14. The molecule has 4 aromatic carbocycles. The van der Waals surface area contributed by atoms with Gasteiger partial charge in [0.2, 0.25) is 0 Å². The van der Waals surface area contributed by atoms with Gasteiger partial charge in [0, 0.05) is 35.8 Å². The molecule has 0 spiro atoms. The predicted octanol–water partition coefficient (Wildman–Crippen LogP) is 5.16. The number of ketones is 1. The monoisotopic (exact) mass is 629 g/mol. The largest absolute Gasteiger partial charge is 0.497 e. The van der Waals surface area contributed by atoms with Gasteiger partial charge in [-0.25, -0.2) is 8.78 Å². The number of Topliss-reactive ketones (excluding diaryl/α,β-unsaturated/α-hetero) is 1. The van der Waals surface area contributed by atoms with Gasteiger partial charge in [-0.2, -0.15) is 0 Å². The fraction of sp³-hybridized carbons (Fsp3) is 0.250. The molecular weight excluding hydrogens is 592 g/mol. The van der Waals surface area contributed by atoms with Crippen LogP contribution in [-0.2, 0) is 13.0 Å². The van der Waals surface area contributed by atoms with Crippen molar-refractivity contribution in [3.05, 3.63) is 136 Å². The number of carbonyl (C=O) groups excluding carboxylic acids is 3. The normalized spacial score (nSPS) is 12.9. The highest BCUT2D eigenvalue weighted by molar-refractivity contribution is 6.04. The molecule has 0 bridgehead atoms. The van der Waals surface area contributed by atoms with Crippen molar-refractivity contribution in [1.29, 1.82) is 0 Å². The first-order valence-corrected chi connectivity index (χ1v) is 14.8. The first-order chi connectivity index (χ1) is 22.0. The molecule has 2 amide bonds. The zero-order valence-corrected chi connectivity index (χ0v) is 25.8. The van der Waals surface area contributed by atoms with E-state index < -0.39 is 35.6 Å². The Morgan fingerprint density at radius 2 is 1.41 bits per heavy atom. The van der Waals surface area contributed by atoms with Gasteiger partial charge in [0.15, 0.2) is 5.78 Å². The molecule has 8 nitrogen and oxygen atoms in total. The average molecular weight is 630 g/mol. The number of halogens is 2. The van der Waals surface area contributed by atoms with E-state index in [1.54, 1.807) is 7.11 Å². The predicted molar refractivity (Wildman–Crippen MR) is 171 cm³/mol. The fourth-order valence-corrected chi connectivity index (χ4v) is 5.00. The van der Waals surface area contributed by atoms with Crippen LogP contribution in [0.1, 0.15) is 67.7 Å². The van der Waals surface area contributed by atoms with Crippen LogP contribution in [-0.4, -0.2) is 48.5 Å². The zero-order valence-electron chi connectivity index (χ0n) is 25.8. The van der Waals surface area contributed by atoms with E-state index in [2.05, 4.69) is 16.0 Å². The van der Waals surface area contributed by atoms with E-state index in [9.17, 15) is 28.3 Å². The number of amides is 2. The van der Waals surface area contributed by atoms with Crippen LogP contribution < -0.4 is 20.7 Å². The molecule has 0 radical (unpaired) electrons. The second-order valence-corrected chi connectivity index (χ2v) is 11.1. The highest BCUT2D eigenvalue weighted by atomic mass is 19.1. The molecule has 0 aliphatic heterocycles. The van der Waals surface area contributed by atoms with Gasteiger partial charge >= 0.3 is 0 Å². The number of methoxy groups -OCH3 is 1. The minimum Gasteiger partial charge on any atom is -0.497 e. The molecule has 4 aromatic rings. The molecule has 0 heterocycles. The van der Waals surface area contributed by atoms with Gasteiger partial charge in [-0.05, 0) is 79.4 Å². The molecule has 4 N–H and O–H groups in total. The minimum atomic E-state index is -1.19. The number of hydrogen-bond donors (Lipinski definition) is 4. The smallest absolute Gasteiger partial charge is 0.251 e. The van der Waals surface area contributed by atoms with Crippen LogP contribution in [0.5, 0.6) is 5.75 Å². The van der Waals surface area contributed by atoms with Crippen LogP contribution >= 0.6 is 0 Å². The van der Waals surface area contributed by atoms with Crippen molar-refractivity contribution < 1.29 is 33.0 Å². The summed E-state index contributed by atoms with van der Waals surface area (Å²) in [4.78, 5) is 39.2. The maximum absolute atomic E-state index is 14.0. The van der Waals surface area contributed by atoms with E-state index in [0.29, 0.717) is 12.3 Å². The van der Waals surface area contributed by atoms with Gasteiger partial charge in [0.25, 0.3) is 11.8 Å². The Labute approximate surface area is 266 Å². The first kappa shape index (κ1) is 34.0. The lowest BCUT2D eigenvalue weighted by Gasteiger charge is -2.25. The van der Waals surface area contributed by atoms with Crippen molar-refractivity contribution in [1.82, 2.24) is 16.0 Å². The van der Waals surface area contributed by atoms with Gasteiger partial charge in [0.05, 0.1) is 25.3 Å². The van der Waals surface area contributed by atoms with Crippen molar-refractivity contribution in [3.8, 4) is 5.75 Å². The van der Waals surface area contributed by atoms with Crippen molar-refractivity contribution in [2.24, 2.45) is 0 Å². The molecule has 3 atom stereocenters. The number of benzene rings is 4.